The molecule has 2 aliphatic carbocycles. The van der Waals surface area contributed by atoms with Crippen LogP contribution in [0.5, 0.6) is 5.75 Å². The quantitative estimate of drug-likeness (QED) is 0.126. The van der Waals surface area contributed by atoms with Gasteiger partial charge in [0.15, 0.2) is 0 Å². The van der Waals surface area contributed by atoms with E-state index in [0.717, 1.165) is 35.9 Å². The molecule has 4 aromatic rings. The van der Waals surface area contributed by atoms with Gasteiger partial charge in [-0.25, -0.2) is 9.06 Å². The molecule has 5 fully saturated rings. The molecule has 10 atom stereocenters. The lowest BCUT2D eigenvalue weighted by atomic mass is 9.85. The number of aliphatic carboxylic acids is 1. The van der Waals surface area contributed by atoms with Crippen LogP contribution in [-0.2, 0) is 18.9 Å². The summed E-state index contributed by atoms with van der Waals surface area (Å²) in [5.74, 6) is -4.05. The summed E-state index contributed by atoms with van der Waals surface area (Å²) in [6.07, 6.45) is 8.81. The number of hydrogen-bond acceptors (Lipinski definition) is 9. The number of carboxylic acids is 1. The molecule has 1 spiro atoms. The number of alkyl halides is 1. The predicted octanol–water partition coefficient (Wildman–Crippen LogP) is 7.91. The molecular weight excluding hydrogens is 831 g/mol. The van der Waals surface area contributed by atoms with Crippen molar-refractivity contribution in [2.24, 2.45) is 17.8 Å². The fourth-order valence-electron chi connectivity index (χ4n) is 10.5. The van der Waals surface area contributed by atoms with Crippen molar-refractivity contribution in [3.8, 4) is 11.8 Å². The number of thiophene rings is 1. The number of pyridine rings is 1. The number of halogens is 1. The Hall–Kier alpha value is -5.16. The number of aromatic nitrogens is 1. The fourth-order valence-corrected chi connectivity index (χ4v) is 13.9. The summed E-state index contributed by atoms with van der Waals surface area (Å²) in [6.45, 7) is 3.53. The number of nitriles is 1. The Balaban J connectivity index is 0.953. The van der Waals surface area contributed by atoms with Crippen molar-refractivity contribution in [1.29, 1.82) is 5.26 Å². The van der Waals surface area contributed by atoms with Gasteiger partial charge in [0.1, 0.15) is 23.9 Å². The monoisotopic (exact) mass is 880 g/mol. The van der Waals surface area contributed by atoms with Crippen LogP contribution < -0.4 is 9.84 Å². The summed E-state index contributed by atoms with van der Waals surface area (Å²) in [5, 5.41) is 23.8. The molecule has 62 heavy (non-hydrogen) atoms. The maximum Gasteiger partial charge on any atom is 0.358 e. The third-order valence-electron chi connectivity index (χ3n) is 13.9. The molecule has 16 heteroatoms. The van der Waals surface area contributed by atoms with Crippen LogP contribution in [0.1, 0.15) is 97.8 Å². The Kier molecular flexibility index (Phi) is 11.2. The fraction of sp³-hybridized carbons (Fsp3) is 0.478. The van der Waals surface area contributed by atoms with Gasteiger partial charge < -0.3 is 24.7 Å². The van der Waals surface area contributed by atoms with E-state index in [9.17, 15) is 34.1 Å². The number of likely N-dealkylation sites (tertiary alicyclic amines) is 1. The van der Waals surface area contributed by atoms with Gasteiger partial charge in [0.05, 0.1) is 22.4 Å². The van der Waals surface area contributed by atoms with Crippen LogP contribution in [0.15, 0.2) is 79.1 Å². The second-order valence-electron chi connectivity index (χ2n) is 17.7. The first-order valence-electron chi connectivity index (χ1n) is 21.6. The molecule has 5 heterocycles. The van der Waals surface area contributed by atoms with Gasteiger partial charge in [-0.15, -0.1) is 11.3 Å². The SMILES string of the molecule is CCCN([C@@H](C)C(=O)O)[P@](=O)(Oc1ccccc1)[C@@H](F)c1ccc2sc(C(=O)N[C@H]3C[C@@H]4C[C@@H]4C[C@H]4CC[C@@H](C(=O)N5C[C@H](c6cccnc6)[C@@H](C#N)C56CC6)N4C3=O)cc2c1. The summed E-state index contributed by atoms with van der Waals surface area (Å²) < 4.78 is 39.4. The van der Waals surface area contributed by atoms with Crippen LogP contribution in [0.2, 0.25) is 0 Å². The van der Waals surface area contributed by atoms with E-state index in [1.54, 1.807) is 54.5 Å². The molecule has 3 amide bonds. The van der Waals surface area contributed by atoms with E-state index >= 15 is 4.39 Å². The van der Waals surface area contributed by atoms with Crippen LogP contribution in [0, 0.1) is 29.1 Å². The smallest absolute Gasteiger partial charge is 0.358 e. The maximum atomic E-state index is 16.9. The molecule has 2 aromatic carbocycles. The van der Waals surface area contributed by atoms with Gasteiger partial charge in [-0.2, -0.15) is 5.26 Å². The van der Waals surface area contributed by atoms with Crippen molar-refractivity contribution in [2.45, 2.75) is 107 Å². The van der Waals surface area contributed by atoms with Gasteiger partial charge in [0, 0.05) is 42.1 Å². The number of carbonyl (C=O) groups excluding carboxylic acids is 3. The van der Waals surface area contributed by atoms with E-state index in [4.69, 9.17) is 4.52 Å². The molecule has 13 nitrogen and oxygen atoms in total. The number of carboxylic acid groups (broad SMARTS) is 1. The summed E-state index contributed by atoms with van der Waals surface area (Å²) in [7, 11) is -4.55. The molecule has 3 aliphatic heterocycles. The minimum absolute atomic E-state index is 0.00444. The zero-order valence-electron chi connectivity index (χ0n) is 34.6. The van der Waals surface area contributed by atoms with Gasteiger partial charge in [-0.3, -0.25) is 28.7 Å². The number of nitrogens with zero attached hydrogens (tertiary/aromatic N) is 5. The minimum atomic E-state index is -4.55. The lowest BCUT2D eigenvalue weighted by Gasteiger charge is -2.37. The van der Waals surface area contributed by atoms with E-state index in [1.165, 1.54) is 42.5 Å². The first kappa shape index (κ1) is 42.2. The van der Waals surface area contributed by atoms with Crippen molar-refractivity contribution >= 4 is 52.6 Å². The van der Waals surface area contributed by atoms with Gasteiger partial charge in [0.25, 0.3) is 5.91 Å². The summed E-state index contributed by atoms with van der Waals surface area (Å²) in [5.41, 5.74) is 0.384. The van der Waals surface area contributed by atoms with Crippen LogP contribution in [0.3, 0.4) is 0 Å². The Morgan fingerprint density at radius 2 is 1.87 bits per heavy atom. The molecular formula is C46H50FN6O7PS. The summed E-state index contributed by atoms with van der Waals surface area (Å²) in [4.78, 5) is 63.9. The number of carbonyl (C=O) groups is 4. The average Bonchev–Trinajstić information content (AvgIpc) is 4.06. The van der Waals surface area contributed by atoms with Crippen LogP contribution >= 0.6 is 18.9 Å². The van der Waals surface area contributed by atoms with E-state index in [0.29, 0.717) is 59.0 Å². The highest BCUT2D eigenvalue weighted by molar-refractivity contribution is 7.57. The Bertz CT molecular complexity index is 2480. The third kappa shape index (κ3) is 7.47. The lowest BCUT2D eigenvalue weighted by Crippen LogP contribution is -2.58. The van der Waals surface area contributed by atoms with Crippen molar-refractivity contribution < 1.29 is 37.8 Å². The van der Waals surface area contributed by atoms with Crippen molar-refractivity contribution in [3.05, 3.63) is 95.1 Å². The highest BCUT2D eigenvalue weighted by atomic mass is 32.1. The molecule has 2 aromatic heterocycles. The van der Waals surface area contributed by atoms with Gasteiger partial charge in [-0.05, 0) is 123 Å². The normalized spacial score (nSPS) is 27.9. The van der Waals surface area contributed by atoms with Gasteiger partial charge in [-0.1, -0.05) is 37.3 Å². The highest BCUT2D eigenvalue weighted by Gasteiger charge is 2.65. The topological polar surface area (TPSA) is 173 Å². The number of nitrogens with one attached hydrogen (secondary N) is 1. The third-order valence-corrected chi connectivity index (χ3v) is 17.6. The van der Waals surface area contributed by atoms with Crippen LogP contribution in [0.25, 0.3) is 10.1 Å². The van der Waals surface area contributed by atoms with Crippen molar-refractivity contribution in [1.82, 2.24) is 24.8 Å². The molecule has 2 saturated carbocycles. The second kappa shape index (κ2) is 16.5. The standard InChI is InChI=1S/C46H50FN6O7PS/c1-3-18-52(27(2)45(57)58)61(59,60-34-9-5-4-6-10-34)41(47)28-11-14-39-32(19-28)23-40(62-39)42(54)50-37-22-31-20-30(31)21-33-12-13-38(53(33)43(37)55)44(56)51-26-35(29-8-7-17-49-25-29)36(24-48)46(51)15-16-46/h4-11,14,17,19,23,25,27,30-31,33,35-38,41H,3,12-13,15-16,18,20-22,26H2,1-2H3,(H,50,54)(H,57,58)/t27-,30+,31-,33+,35+,36+,37-,38-,41+,61+/m0/s1. The predicted molar refractivity (Wildman–Crippen MR) is 230 cm³/mol. The largest absolute Gasteiger partial charge is 0.480 e. The van der Waals surface area contributed by atoms with E-state index in [-0.39, 0.29) is 47.5 Å². The van der Waals surface area contributed by atoms with E-state index < -0.39 is 49.0 Å². The minimum Gasteiger partial charge on any atom is -0.480 e. The number of para-hydroxylation sites is 1. The van der Waals surface area contributed by atoms with Crippen molar-refractivity contribution in [3.63, 3.8) is 0 Å². The Morgan fingerprint density at radius 1 is 1.10 bits per heavy atom. The molecule has 0 unspecified atom stereocenters. The first-order valence-corrected chi connectivity index (χ1v) is 24.1. The number of amides is 3. The summed E-state index contributed by atoms with van der Waals surface area (Å²) >= 11 is 1.18. The first-order chi connectivity index (χ1) is 29.9. The van der Waals surface area contributed by atoms with E-state index in [1.807, 2.05) is 17.0 Å². The van der Waals surface area contributed by atoms with Crippen LogP contribution in [-0.4, -0.2) is 91.0 Å². The zero-order chi connectivity index (χ0) is 43.5. The molecule has 9 rings (SSSR count). The number of hydrogen-bond donors (Lipinski definition) is 2. The maximum absolute atomic E-state index is 16.9. The van der Waals surface area contributed by atoms with Gasteiger partial charge in [0.2, 0.25) is 17.7 Å². The molecule has 0 bridgehead atoms. The average molecular weight is 881 g/mol. The zero-order valence-corrected chi connectivity index (χ0v) is 36.3. The molecule has 324 valence electrons. The Labute approximate surface area is 363 Å². The van der Waals surface area contributed by atoms with Crippen LogP contribution in [0.4, 0.5) is 4.39 Å². The number of benzene rings is 2. The van der Waals surface area contributed by atoms with Crippen molar-refractivity contribution in [2.75, 3.05) is 13.1 Å². The molecule has 0 radical (unpaired) electrons. The molecule has 2 N–H and O–H groups in total. The number of rotatable bonds is 13. The number of fused-ring (bicyclic) bond motifs is 3. The second-order valence-corrected chi connectivity index (χ2v) is 21.0. The molecule has 3 saturated heterocycles. The van der Waals surface area contributed by atoms with Gasteiger partial charge >= 0.3 is 13.5 Å². The van der Waals surface area contributed by atoms with E-state index in [2.05, 4.69) is 16.4 Å². The molecule has 5 aliphatic rings. The Morgan fingerprint density at radius 3 is 2.56 bits per heavy atom. The lowest BCUT2D eigenvalue weighted by molar-refractivity contribution is -0.148. The summed E-state index contributed by atoms with van der Waals surface area (Å²) in [6, 6.07) is 17.7. The highest BCUT2D eigenvalue weighted by Crippen LogP contribution is 2.64.